The van der Waals surface area contributed by atoms with Crippen LogP contribution in [0.2, 0.25) is 0 Å². The van der Waals surface area contributed by atoms with Gasteiger partial charge in [-0.3, -0.25) is 0 Å². The van der Waals surface area contributed by atoms with Gasteiger partial charge in [0.1, 0.15) is 0 Å². The second kappa shape index (κ2) is 4.77. The van der Waals surface area contributed by atoms with Gasteiger partial charge < -0.3 is 5.73 Å². The first-order valence-electron chi connectivity index (χ1n) is 24.3. The van der Waals surface area contributed by atoms with Crippen LogP contribution in [0.1, 0.15) is 35.6 Å². The quantitative estimate of drug-likeness (QED) is 0.165. The van der Waals surface area contributed by atoms with Crippen molar-refractivity contribution in [3.05, 3.63) is 22.3 Å². The highest BCUT2D eigenvalue weighted by Crippen LogP contribution is 2.93. The molecule has 1 nitrogen and oxygen atoms in total. The minimum absolute atomic E-state index is 0.264. The molecule has 1 heteroatoms. The third-order valence-electron chi connectivity index (χ3n) is 25.1. The van der Waals surface area contributed by atoms with E-state index in [1.165, 1.54) is 0 Å². The van der Waals surface area contributed by atoms with Crippen molar-refractivity contribution in [2.45, 2.75) is 29.7 Å². The van der Waals surface area contributed by atoms with E-state index < -0.39 is 5.54 Å². The van der Waals surface area contributed by atoms with Gasteiger partial charge in [0.15, 0.2) is 0 Å². The Morgan fingerprint density at radius 1 is 0.188 bits per heavy atom. The van der Waals surface area contributed by atoms with Gasteiger partial charge in [-0.15, -0.1) is 0 Å². The van der Waals surface area contributed by atoms with E-state index in [1.807, 2.05) is 0 Å². The first-order valence-corrected chi connectivity index (χ1v) is 24.3. The summed E-state index contributed by atoms with van der Waals surface area (Å²) in [4.78, 5) is 0. The van der Waals surface area contributed by atoms with Crippen molar-refractivity contribution in [3.63, 3.8) is 0 Å². The fourth-order valence-electron chi connectivity index (χ4n) is 25.3. The van der Waals surface area contributed by atoms with E-state index in [4.69, 9.17) is 5.73 Å². The molecule has 0 saturated heterocycles. The molecule has 64 heavy (non-hydrogen) atoms. The van der Waals surface area contributed by atoms with Crippen LogP contribution in [-0.4, -0.2) is 5.54 Å². The Morgan fingerprint density at radius 3 is 0.375 bits per heavy atom. The molecule has 0 aromatic heterocycles. The highest BCUT2D eigenvalue weighted by atomic mass is 15.1. The lowest BCUT2D eigenvalue weighted by atomic mass is 9.68. The fraction of sp³-hybridized carbons (Fsp3) is 0.0794. The molecule has 28 aromatic rings. The molecule has 0 unspecified atom stereocenters. The Morgan fingerprint density at radius 2 is 0.281 bits per heavy atom. The molecule has 0 atom stereocenters. The molecule has 0 heterocycles. The summed E-state index contributed by atoms with van der Waals surface area (Å²) in [5.74, 6) is 0. The molecule has 5 aliphatic rings. The molecular weight excluding hydrogens is 771 g/mol. The average molecular weight is 778 g/mol. The van der Waals surface area contributed by atoms with E-state index in [1.54, 1.807) is 313 Å². The zero-order valence-corrected chi connectivity index (χ0v) is 32.8. The number of nitrogens with two attached hydrogens (primary N) is 1. The van der Waals surface area contributed by atoms with Crippen molar-refractivity contribution in [1.82, 2.24) is 0 Å². The Labute approximate surface area is 346 Å². The first-order chi connectivity index (χ1) is 31.8. The Bertz CT molecular complexity index is 6420. The molecule has 5 aliphatic carbocycles. The van der Waals surface area contributed by atoms with Gasteiger partial charge in [-0.2, -0.15) is 0 Å². The Kier molecular flexibility index (Phi) is 1.69. The molecule has 0 aliphatic heterocycles. The van der Waals surface area contributed by atoms with Crippen molar-refractivity contribution in [2.75, 3.05) is 0 Å². The summed E-state index contributed by atoms with van der Waals surface area (Å²) in [7, 11) is 0. The molecule has 33 rings (SSSR count). The summed E-state index contributed by atoms with van der Waals surface area (Å²) in [6.07, 6.45) is 0.991. The number of rotatable bonds is 1. The maximum Gasteiger partial charge on any atom is 0.0576 e. The maximum absolute atomic E-state index is 8.85. The standard InChI is InChI=1S/C63H7N/c1-2-61(64)62-57-49-41-31-21-13-5-3-4-7-11-9(5)17-25-19(11)29-23-15(7)16-8(4)12-10-6(3)14(13)22-28-18(10)26-20(12)30-24(16)34-33(23)43-37(29)47-39(25)45(35(41)27(17)21)53(57)55(47)59-51(43)52-44(34)38(30)48-40(26)46-36(28)42(32(22)31)50(49)58(62)54(46)56(48)60(52)63(59,61)62/h2,64H2,1H3. The van der Waals surface area contributed by atoms with E-state index in [2.05, 4.69) is 6.92 Å². The van der Waals surface area contributed by atoms with Gasteiger partial charge in [-0.25, -0.2) is 0 Å². The van der Waals surface area contributed by atoms with Gasteiger partial charge >= 0.3 is 0 Å². The van der Waals surface area contributed by atoms with Crippen molar-refractivity contribution in [2.24, 2.45) is 5.73 Å². The predicted octanol–water partition coefficient (Wildman–Crippen LogP) is 16.4. The zero-order valence-electron chi connectivity index (χ0n) is 32.8. The number of hydrogen-bond acceptors (Lipinski definition) is 1. The summed E-state index contributed by atoms with van der Waals surface area (Å²) >= 11 is 0. The molecule has 2 spiro atoms. The molecule has 1 saturated carbocycles. The van der Waals surface area contributed by atoms with Gasteiger partial charge in [0.25, 0.3) is 0 Å². The van der Waals surface area contributed by atoms with Crippen molar-refractivity contribution < 1.29 is 0 Å². The monoisotopic (exact) mass is 777 g/mol. The summed E-state index contributed by atoms with van der Waals surface area (Å²) in [6, 6.07) is 0. The Balaban J connectivity index is 1.29. The maximum atomic E-state index is 8.85. The van der Waals surface area contributed by atoms with Crippen LogP contribution in [0.4, 0.5) is 0 Å². The second-order valence-electron chi connectivity index (χ2n) is 24.6. The van der Waals surface area contributed by atoms with Gasteiger partial charge in [-0.1, -0.05) is 6.92 Å². The molecule has 0 amide bonds. The third kappa shape index (κ3) is 1.05. The van der Waals surface area contributed by atoms with Crippen LogP contribution < -0.4 is 5.73 Å². The van der Waals surface area contributed by atoms with Crippen LogP contribution in [0.15, 0.2) is 0 Å². The van der Waals surface area contributed by atoms with Crippen molar-refractivity contribution in [1.29, 1.82) is 0 Å². The largest absolute Gasteiger partial charge is 0.323 e. The first kappa shape index (κ1) is 22.7. The third-order valence-corrected chi connectivity index (χ3v) is 25.1. The van der Waals surface area contributed by atoms with Crippen LogP contribution in [0, 0.1) is 0 Å². The molecule has 1 fully saturated rings. The minimum Gasteiger partial charge on any atom is -0.323 e. The molecule has 264 valence electrons. The van der Waals surface area contributed by atoms with E-state index in [9.17, 15) is 0 Å². The summed E-state index contributed by atoms with van der Waals surface area (Å²) in [5.41, 5.74) is 14.8. The summed E-state index contributed by atoms with van der Waals surface area (Å²) in [6.45, 7) is 2.51. The fourth-order valence-corrected chi connectivity index (χ4v) is 25.3. The zero-order chi connectivity index (χ0) is 37.7. The van der Waals surface area contributed by atoms with E-state index >= 15 is 0 Å². The van der Waals surface area contributed by atoms with Crippen LogP contribution in [0.5, 0.6) is 0 Å². The highest BCUT2D eigenvalue weighted by Gasteiger charge is 2.92. The van der Waals surface area contributed by atoms with Crippen molar-refractivity contribution >= 4 is 291 Å². The van der Waals surface area contributed by atoms with E-state index in [0.717, 1.165) is 6.42 Å². The predicted molar refractivity (Wildman–Crippen MR) is 271 cm³/mol. The number of hydrogen-bond donors (Lipinski definition) is 1. The van der Waals surface area contributed by atoms with Gasteiger partial charge in [0, 0.05) is 5.54 Å². The van der Waals surface area contributed by atoms with Crippen LogP contribution in [0.3, 0.4) is 0 Å². The normalized spacial score (nSPS) is 25.6. The minimum atomic E-state index is -0.413. The van der Waals surface area contributed by atoms with Gasteiger partial charge in [0.05, 0.1) is 10.8 Å². The molecule has 0 radical (unpaired) electrons. The SMILES string of the molecule is CCC1(N)C23c4c5c6c7c8c9c(c%10c%11c2c2c4c4c%12c5c5c6c6c8c8c%13c9c9c%10c%10c%11c%11c2c2c4c4c%12c%12c5c5c6c8c6c8c%13c9c9c%10c%10c%11c2c2c4c4c%12c5c6c5c8c9c%10c2c45)C713. The average Bonchev–Trinajstić information content (AvgIpc) is 4.14. The topological polar surface area (TPSA) is 26.0 Å². The molecule has 0 bridgehead atoms. The van der Waals surface area contributed by atoms with Crippen LogP contribution in [-0.2, 0) is 10.8 Å². The summed E-state index contributed by atoms with van der Waals surface area (Å²) in [5, 5.41) is 89.7. The van der Waals surface area contributed by atoms with Crippen molar-refractivity contribution in [3.8, 4) is 0 Å². The lowest BCUT2D eigenvalue weighted by Crippen LogP contribution is -2.33. The number of benzene rings is 18. The van der Waals surface area contributed by atoms with E-state index in [0.29, 0.717) is 0 Å². The van der Waals surface area contributed by atoms with Gasteiger partial charge in [0.2, 0.25) is 0 Å². The molecular formula is C63H7N. The second-order valence-corrected chi connectivity index (χ2v) is 24.6. The molecule has 2 N–H and O–H groups in total. The van der Waals surface area contributed by atoms with Crippen LogP contribution >= 0.6 is 0 Å². The van der Waals surface area contributed by atoms with Crippen LogP contribution in [0.25, 0.3) is 291 Å². The Hall–Kier alpha value is -7.58. The lowest BCUT2D eigenvalue weighted by molar-refractivity contribution is 0.560. The molecule has 28 aromatic carbocycles. The van der Waals surface area contributed by atoms with Gasteiger partial charge in [-0.05, 0) is 320 Å². The lowest BCUT2D eigenvalue weighted by Gasteiger charge is -2.32. The smallest absolute Gasteiger partial charge is 0.0576 e. The highest BCUT2D eigenvalue weighted by molar-refractivity contribution is 6.82. The van der Waals surface area contributed by atoms with E-state index in [-0.39, 0.29) is 10.8 Å². The summed E-state index contributed by atoms with van der Waals surface area (Å²) < 4.78 is 0.